The van der Waals surface area contributed by atoms with Crippen molar-refractivity contribution >= 4 is 24.4 Å². The van der Waals surface area contributed by atoms with E-state index >= 15 is 0 Å². The lowest BCUT2D eigenvalue weighted by Crippen LogP contribution is -2.04. The Kier molecular flexibility index (Phi) is 2.47. The Morgan fingerprint density at radius 1 is 1.15 bits per heavy atom. The number of allylic oxidation sites excluding steroid dienone is 1. The molecule has 0 amide bonds. The largest absolute Gasteiger partial charge is 0.294 e. The van der Waals surface area contributed by atoms with Crippen molar-refractivity contribution in [3.05, 3.63) is 42.2 Å². The molecule has 0 saturated carbocycles. The SMILES string of the molecule is O=C1C=[PH](c2ccccc2)C=CC1. The van der Waals surface area contributed by atoms with E-state index in [-0.39, 0.29) is 5.78 Å². The molecule has 13 heavy (non-hydrogen) atoms. The minimum Gasteiger partial charge on any atom is -0.294 e. The van der Waals surface area contributed by atoms with Gasteiger partial charge in [-0.2, -0.15) is 0 Å². The van der Waals surface area contributed by atoms with E-state index < -0.39 is 7.55 Å². The van der Waals surface area contributed by atoms with Crippen LogP contribution in [0.3, 0.4) is 0 Å². The molecule has 1 aromatic carbocycles. The monoisotopic (exact) mass is 190 g/mol. The van der Waals surface area contributed by atoms with Crippen LogP contribution in [0.2, 0.25) is 0 Å². The summed E-state index contributed by atoms with van der Waals surface area (Å²) in [5, 5.41) is 1.29. The van der Waals surface area contributed by atoms with Gasteiger partial charge in [0.05, 0.1) is 0 Å². The second-order valence-electron chi connectivity index (χ2n) is 3.04. The van der Waals surface area contributed by atoms with E-state index in [9.17, 15) is 4.79 Å². The first kappa shape index (κ1) is 8.52. The zero-order valence-corrected chi connectivity index (χ0v) is 8.23. The molecule has 0 radical (unpaired) electrons. The van der Waals surface area contributed by atoms with Gasteiger partial charge < -0.3 is 0 Å². The van der Waals surface area contributed by atoms with E-state index in [0.29, 0.717) is 6.42 Å². The van der Waals surface area contributed by atoms with Crippen molar-refractivity contribution < 1.29 is 4.79 Å². The Morgan fingerprint density at radius 2 is 1.92 bits per heavy atom. The summed E-state index contributed by atoms with van der Waals surface area (Å²) in [4.78, 5) is 11.2. The first-order valence-electron chi connectivity index (χ1n) is 4.33. The minimum absolute atomic E-state index is 0.264. The average molecular weight is 190 g/mol. The molecule has 0 bridgehead atoms. The fourth-order valence-electron chi connectivity index (χ4n) is 1.39. The zero-order valence-electron chi connectivity index (χ0n) is 7.23. The number of benzene rings is 1. The van der Waals surface area contributed by atoms with Gasteiger partial charge in [-0.25, -0.2) is 0 Å². The maximum atomic E-state index is 11.2. The highest BCUT2D eigenvalue weighted by atomic mass is 31.1. The van der Waals surface area contributed by atoms with Gasteiger partial charge in [-0.15, -0.1) is 0 Å². The van der Waals surface area contributed by atoms with Crippen LogP contribution in [0.25, 0.3) is 0 Å². The van der Waals surface area contributed by atoms with Crippen LogP contribution in [-0.2, 0) is 4.79 Å². The van der Waals surface area contributed by atoms with Crippen molar-refractivity contribution in [2.24, 2.45) is 0 Å². The van der Waals surface area contributed by atoms with Gasteiger partial charge in [0.25, 0.3) is 0 Å². The van der Waals surface area contributed by atoms with Gasteiger partial charge in [0.15, 0.2) is 5.78 Å². The van der Waals surface area contributed by atoms with Gasteiger partial charge in [0.2, 0.25) is 0 Å². The molecule has 2 heteroatoms. The van der Waals surface area contributed by atoms with Gasteiger partial charge >= 0.3 is 0 Å². The molecule has 1 atom stereocenters. The molecule has 66 valence electrons. The number of hydrogen-bond donors (Lipinski definition) is 0. The summed E-state index contributed by atoms with van der Waals surface area (Å²) >= 11 is 0. The molecule has 1 aliphatic rings. The molecule has 0 spiro atoms. The highest BCUT2D eigenvalue weighted by molar-refractivity contribution is 7.69. The van der Waals surface area contributed by atoms with Crippen LogP contribution in [0.5, 0.6) is 0 Å². The lowest BCUT2D eigenvalue weighted by Gasteiger charge is -2.06. The average Bonchev–Trinajstić information content (AvgIpc) is 2.19. The number of carbonyl (C=O) groups excluding carboxylic acids is 1. The second kappa shape index (κ2) is 3.76. The third-order valence-electron chi connectivity index (χ3n) is 2.04. The normalized spacial score (nSPS) is 21.2. The summed E-state index contributed by atoms with van der Waals surface area (Å²) < 4.78 is 0. The van der Waals surface area contributed by atoms with Gasteiger partial charge in [-0.05, 0) is 11.1 Å². The van der Waals surface area contributed by atoms with Crippen LogP contribution >= 0.6 is 7.55 Å². The van der Waals surface area contributed by atoms with E-state index in [4.69, 9.17) is 0 Å². The van der Waals surface area contributed by atoms with Crippen LogP contribution in [0.1, 0.15) is 6.42 Å². The van der Waals surface area contributed by atoms with Crippen LogP contribution in [-0.4, -0.2) is 11.6 Å². The topological polar surface area (TPSA) is 17.1 Å². The quantitative estimate of drug-likeness (QED) is 0.617. The molecule has 1 unspecified atom stereocenters. The molecule has 0 fully saturated rings. The first-order valence-corrected chi connectivity index (χ1v) is 5.98. The molecule has 1 aromatic rings. The Hall–Kier alpha value is -1.07. The third-order valence-corrected chi connectivity index (χ3v) is 4.27. The van der Waals surface area contributed by atoms with Crippen molar-refractivity contribution in [2.45, 2.75) is 6.42 Å². The Bertz CT molecular complexity index is 376. The van der Waals surface area contributed by atoms with E-state index in [1.54, 1.807) is 0 Å². The van der Waals surface area contributed by atoms with Crippen LogP contribution in [0, 0.1) is 0 Å². The Labute approximate surface area is 78.5 Å². The van der Waals surface area contributed by atoms with E-state index in [1.165, 1.54) is 5.30 Å². The molecule has 1 nitrogen and oxygen atoms in total. The summed E-state index contributed by atoms with van der Waals surface area (Å²) in [6.07, 6.45) is 2.57. The fraction of sp³-hybridized carbons (Fsp3) is 0.0909. The minimum atomic E-state index is -0.829. The fourth-order valence-corrected chi connectivity index (χ4v) is 3.26. The molecule has 0 aliphatic carbocycles. The van der Waals surface area contributed by atoms with Crippen molar-refractivity contribution in [3.63, 3.8) is 0 Å². The molecule has 0 aromatic heterocycles. The Morgan fingerprint density at radius 3 is 2.62 bits per heavy atom. The molecular formula is C11H11OP. The predicted molar refractivity (Wildman–Crippen MR) is 59.2 cm³/mol. The molecule has 1 heterocycles. The number of rotatable bonds is 1. The van der Waals surface area contributed by atoms with Crippen molar-refractivity contribution in [1.29, 1.82) is 0 Å². The van der Waals surface area contributed by atoms with Gasteiger partial charge in [0.1, 0.15) is 0 Å². The van der Waals surface area contributed by atoms with Gasteiger partial charge in [-0.3, -0.25) is 4.79 Å². The van der Waals surface area contributed by atoms with Crippen molar-refractivity contribution in [1.82, 2.24) is 0 Å². The number of ketones is 1. The van der Waals surface area contributed by atoms with Crippen molar-refractivity contribution in [3.8, 4) is 0 Å². The molecule has 0 N–H and O–H groups in total. The summed E-state index contributed by atoms with van der Waals surface area (Å²) in [6, 6.07) is 10.2. The maximum Gasteiger partial charge on any atom is 0.159 e. The van der Waals surface area contributed by atoms with E-state index in [0.717, 1.165) is 0 Å². The van der Waals surface area contributed by atoms with Gasteiger partial charge in [0, 0.05) is 6.42 Å². The Balaban J connectivity index is 2.37. The molecule has 0 saturated heterocycles. The number of Topliss-reactive ketones (excluding diaryl/α,β-unsaturated/α-hetero) is 1. The second-order valence-corrected chi connectivity index (χ2v) is 5.15. The molecule has 1 aliphatic heterocycles. The lowest BCUT2D eigenvalue weighted by molar-refractivity contribution is -0.111. The third kappa shape index (κ3) is 1.99. The van der Waals surface area contributed by atoms with E-state index in [1.807, 2.05) is 30.1 Å². The smallest absolute Gasteiger partial charge is 0.159 e. The van der Waals surface area contributed by atoms with Gasteiger partial charge in [-0.1, -0.05) is 49.8 Å². The predicted octanol–water partition coefficient (Wildman–Crippen LogP) is 1.81. The van der Waals surface area contributed by atoms with Crippen LogP contribution in [0.15, 0.2) is 42.2 Å². The molecule has 2 rings (SSSR count). The summed E-state index contributed by atoms with van der Waals surface area (Å²) in [5.74, 6) is 4.33. The highest BCUT2D eigenvalue weighted by Gasteiger charge is 2.03. The van der Waals surface area contributed by atoms with E-state index in [2.05, 4.69) is 17.9 Å². The first-order chi connectivity index (χ1) is 6.36. The number of carbonyl (C=O) groups is 1. The standard InChI is InChI=1S/C11H11OP/c12-10-5-4-8-13(9-10)11-6-2-1-3-7-11/h1-4,6-9,13H,5H2. The summed E-state index contributed by atoms with van der Waals surface area (Å²) in [5.41, 5.74) is 0. The summed E-state index contributed by atoms with van der Waals surface area (Å²) in [6.45, 7) is 0. The lowest BCUT2D eigenvalue weighted by atomic mass is 10.3. The maximum absolute atomic E-state index is 11.2. The summed E-state index contributed by atoms with van der Waals surface area (Å²) in [7, 11) is -0.829. The zero-order chi connectivity index (χ0) is 9.10. The van der Waals surface area contributed by atoms with Crippen molar-refractivity contribution in [2.75, 3.05) is 0 Å². The van der Waals surface area contributed by atoms with Crippen LogP contribution < -0.4 is 5.30 Å². The highest BCUT2D eigenvalue weighted by Crippen LogP contribution is 2.25. The molecular weight excluding hydrogens is 179 g/mol. The van der Waals surface area contributed by atoms with Crippen LogP contribution in [0.4, 0.5) is 0 Å². The number of hydrogen-bond acceptors (Lipinski definition) is 1.